The van der Waals surface area contributed by atoms with Crippen LogP contribution >= 0.6 is 0 Å². The Morgan fingerprint density at radius 2 is 1.94 bits per heavy atom. The van der Waals surface area contributed by atoms with Crippen LogP contribution in [0.3, 0.4) is 0 Å². The first-order valence-electron chi connectivity index (χ1n) is 5.58. The van der Waals surface area contributed by atoms with Crippen LogP contribution in [0.25, 0.3) is 0 Å². The Balaban J connectivity index is 2.31. The quantitative estimate of drug-likeness (QED) is 0.726. The zero-order valence-corrected chi connectivity index (χ0v) is 10.2. The van der Waals surface area contributed by atoms with Gasteiger partial charge in [0, 0.05) is 18.1 Å². The number of hydroxylamine groups is 1. The lowest BCUT2D eigenvalue weighted by Crippen LogP contribution is -2.41. The Morgan fingerprint density at radius 3 is 2.50 bits per heavy atom. The van der Waals surface area contributed by atoms with Gasteiger partial charge in [-0.25, -0.2) is 0 Å². The highest BCUT2D eigenvalue weighted by atomic mass is 16.6. The van der Waals surface area contributed by atoms with Gasteiger partial charge in [0.1, 0.15) is 0 Å². The zero-order chi connectivity index (χ0) is 12.0. The third kappa shape index (κ3) is 3.93. The van der Waals surface area contributed by atoms with Crippen LogP contribution < -0.4 is 5.48 Å². The fourth-order valence-electron chi connectivity index (χ4n) is 1.12. The molecule has 0 spiro atoms. The number of hydrogen-bond acceptors (Lipinski definition) is 3. The number of benzene rings is 1. The molecule has 0 heterocycles. The summed E-state index contributed by atoms with van der Waals surface area (Å²) in [6.45, 7) is 6.66. The molecule has 0 fully saturated rings. The van der Waals surface area contributed by atoms with Gasteiger partial charge in [-0.3, -0.25) is 4.84 Å². The third-order valence-electron chi connectivity index (χ3n) is 2.92. The summed E-state index contributed by atoms with van der Waals surface area (Å²) in [5.74, 6) is 0. The minimum Gasteiger partial charge on any atom is -0.396 e. The summed E-state index contributed by atoms with van der Waals surface area (Å²) in [5.41, 5.74) is 3.91. The SMILES string of the molecule is CC(NOCc1ccccc1)C(C)(C)CO. The molecule has 2 N–H and O–H groups in total. The van der Waals surface area contributed by atoms with Crippen LogP contribution in [0.1, 0.15) is 26.3 Å². The second-order valence-corrected chi connectivity index (χ2v) is 4.76. The molecule has 0 aliphatic rings. The molecular weight excluding hydrogens is 202 g/mol. The highest BCUT2D eigenvalue weighted by Crippen LogP contribution is 2.19. The maximum Gasteiger partial charge on any atom is 0.0933 e. The maximum atomic E-state index is 9.19. The second kappa shape index (κ2) is 5.99. The van der Waals surface area contributed by atoms with E-state index in [1.165, 1.54) is 0 Å². The molecule has 0 bridgehead atoms. The summed E-state index contributed by atoms with van der Waals surface area (Å²) < 4.78 is 0. The van der Waals surface area contributed by atoms with E-state index in [0.29, 0.717) is 6.61 Å². The summed E-state index contributed by atoms with van der Waals surface area (Å²) in [6, 6.07) is 10.1. The van der Waals surface area contributed by atoms with Crippen molar-refractivity contribution < 1.29 is 9.94 Å². The van der Waals surface area contributed by atoms with Crippen molar-refractivity contribution in [1.29, 1.82) is 0 Å². The summed E-state index contributed by atoms with van der Waals surface area (Å²) in [4.78, 5) is 5.41. The van der Waals surface area contributed by atoms with Crippen molar-refractivity contribution in [2.24, 2.45) is 5.41 Å². The number of rotatable bonds is 6. The second-order valence-electron chi connectivity index (χ2n) is 4.76. The summed E-state index contributed by atoms with van der Waals surface area (Å²) in [7, 11) is 0. The summed E-state index contributed by atoms with van der Waals surface area (Å²) >= 11 is 0. The Bertz CT molecular complexity index is 298. The lowest BCUT2D eigenvalue weighted by atomic mass is 9.87. The molecular formula is C13H21NO2. The van der Waals surface area contributed by atoms with Gasteiger partial charge >= 0.3 is 0 Å². The fourth-order valence-corrected chi connectivity index (χ4v) is 1.12. The average Bonchev–Trinajstić information content (AvgIpc) is 2.30. The Morgan fingerprint density at radius 1 is 1.31 bits per heavy atom. The van der Waals surface area contributed by atoms with Gasteiger partial charge < -0.3 is 5.11 Å². The van der Waals surface area contributed by atoms with Crippen molar-refractivity contribution in [2.75, 3.05) is 6.61 Å². The van der Waals surface area contributed by atoms with E-state index >= 15 is 0 Å². The fraction of sp³-hybridized carbons (Fsp3) is 0.538. The molecule has 1 unspecified atom stereocenters. The van der Waals surface area contributed by atoms with Crippen molar-refractivity contribution in [3.63, 3.8) is 0 Å². The standard InChI is InChI=1S/C13H21NO2/c1-11(13(2,3)10-15)14-16-9-12-7-5-4-6-8-12/h4-8,11,14-15H,9-10H2,1-3H3. The van der Waals surface area contributed by atoms with Gasteiger partial charge in [-0.1, -0.05) is 44.2 Å². The highest BCUT2D eigenvalue weighted by Gasteiger charge is 2.24. The van der Waals surface area contributed by atoms with E-state index in [9.17, 15) is 5.11 Å². The van der Waals surface area contributed by atoms with E-state index in [2.05, 4.69) is 5.48 Å². The van der Waals surface area contributed by atoms with E-state index in [-0.39, 0.29) is 18.1 Å². The molecule has 1 aromatic rings. The van der Waals surface area contributed by atoms with E-state index in [0.717, 1.165) is 5.56 Å². The minimum absolute atomic E-state index is 0.0983. The highest BCUT2D eigenvalue weighted by molar-refractivity contribution is 5.13. The molecule has 3 nitrogen and oxygen atoms in total. The molecule has 90 valence electrons. The van der Waals surface area contributed by atoms with Gasteiger partial charge in [-0.05, 0) is 12.5 Å². The topological polar surface area (TPSA) is 41.5 Å². The predicted octanol–water partition coefficient (Wildman–Crippen LogP) is 2.11. The normalized spacial score (nSPS) is 13.8. The minimum atomic E-state index is -0.184. The van der Waals surface area contributed by atoms with Gasteiger partial charge in [0.05, 0.1) is 6.61 Å². The Kier molecular flexibility index (Phi) is 4.93. The first kappa shape index (κ1) is 13.2. The van der Waals surface area contributed by atoms with E-state index in [4.69, 9.17) is 4.84 Å². The van der Waals surface area contributed by atoms with Crippen LogP contribution in [-0.2, 0) is 11.4 Å². The van der Waals surface area contributed by atoms with Crippen LogP contribution in [0.5, 0.6) is 0 Å². The van der Waals surface area contributed by atoms with E-state index < -0.39 is 0 Å². The van der Waals surface area contributed by atoms with Crippen LogP contribution in [0.15, 0.2) is 30.3 Å². The summed E-state index contributed by atoms with van der Waals surface area (Å²) in [6.07, 6.45) is 0. The smallest absolute Gasteiger partial charge is 0.0933 e. The molecule has 1 rings (SSSR count). The van der Waals surface area contributed by atoms with Gasteiger partial charge in [-0.2, -0.15) is 5.48 Å². The molecule has 0 aliphatic heterocycles. The first-order chi connectivity index (χ1) is 7.56. The van der Waals surface area contributed by atoms with Crippen molar-refractivity contribution in [2.45, 2.75) is 33.4 Å². The van der Waals surface area contributed by atoms with E-state index in [1.807, 2.05) is 51.1 Å². The maximum absolute atomic E-state index is 9.19. The molecule has 0 aliphatic carbocycles. The molecule has 0 saturated carbocycles. The van der Waals surface area contributed by atoms with Crippen LogP contribution in [0.4, 0.5) is 0 Å². The molecule has 0 saturated heterocycles. The van der Waals surface area contributed by atoms with Crippen molar-refractivity contribution in [3.8, 4) is 0 Å². The predicted molar refractivity (Wildman–Crippen MR) is 64.7 cm³/mol. The molecule has 1 atom stereocenters. The lowest BCUT2D eigenvalue weighted by Gasteiger charge is -2.29. The van der Waals surface area contributed by atoms with Crippen LogP contribution in [0.2, 0.25) is 0 Å². The zero-order valence-electron chi connectivity index (χ0n) is 10.2. The van der Waals surface area contributed by atoms with Crippen molar-refractivity contribution >= 4 is 0 Å². The molecule has 1 aromatic carbocycles. The molecule has 16 heavy (non-hydrogen) atoms. The molecule has 0 aromatic heterocycles. The number of hydrogen-bond donors (Lipinski definition) is 2. The third-order valence-corrected chi connectivity index (χ3v) is 2.92. The Hall–Kier alpha value is -0.900. The first-order valence-corrected chi connectivity index (χ1v) is 5.58. The van der Waals surface area contributed by atoms with Gasteiger partial charge in [0.25, 0.3) is 0 Å². The van der Waals surface area contributed by atoms with Gasteiger partial charge in [-0.15, -0.1) is 0 Å². The monoisotopic (exact) mass is 223 g/mol. The molecule has 0 radical (unpaired) electrons. The number of nitrogens with one attached hydrogen (secondary N) is 1. The van der Waals surface area contributed by atoms with E-state index in [1.54, 1.807) is 0 Å². The van der Waals surface area contributed by atoms with Crippen molar-refractivity contribution in [3.05, 3.63) is 35.9 Å². The average molecular weight is 223 g/mol. The van der Waals surface area contributed by atoms with Crippen molar-refractivity contribution in [1.82, 2.24) is 5.48 Å². The van der Waals surface area contributed by atoms with Gasteiger partial charge in [0.15, 0.2) is 0 Å². The Labute approximate surface area is 97.4 Å². The lowest BCUT2D eigenvalue weighted by molar-refractivity contribution is -0.0326. The number of aliphatic hydroxyl groups is 1. The summed E-state index contributed by atoms with van der Waals surface area (Å²) in [5, 5.41) is 9.19. The molecule has 3 heteroatoms. The number of aliphatic hydroxyl groups excluding tert-OH is 1. The largest absolute Gasteiger partial charge is 0.396 e. The van der Waals surface area contributed by atoms with Crippen LogP contribution in [-0.4, -0.2) is 17.8 Å². The van der Waals surface area contributed by atoms with Gasteiger partial charge in [0.2, 0.25) is 0 Å². The molecule has 0 amide bonds. The van der Waals surface area contributed by atoms with Crippen LogP contribution in [0, 0.1) is 5.41 Å².